The molecule has 2 rings (SSSR count). The van der Waals surface area contributed by atoms with Crippen LogP contribution in [0.2, 0.25) is 0 Å². The molecule has 1 fully saturated rings. The molecule has 0 amide bonds. The van der Waals surface area contributed by atoms with E-state index in [4.69, 9.17) is 0 Å². The minimum atomic E-state index is 0.267. The number of hydrogen-bond donors (Lipinski definition) is 2. The van der Waals surface area contributed by atoms with Gasteiger partial charge >= 0.3 is 0 Å². The molecule has 0 radical (unpaired) electrons. The van der Waals surface area contributed by atoms with Crippen LogP contribution in [-0.2, 0) is 0 Å². The second-order valence-electron chi connectivity index (χ2n) is 5.56. The van der Waals surface area contributed by atoms with Gasteiger partial charge in [0.25, 0.3) is 0 Å². The van der Waals surface area contributed by atoms with E-state index in [9.17, 15) is 5.11 Å². The second-order valence-corrected chi connectivity index (χ2v) is 6.47. The van der Waals surface area contributed by atoms with Gasteiger partial charge in [0.2, 0.25) is 0 Å². The van der Waals surface area contributed by atoms with E-state index in [0.717, 1.165) is 18.1 Å². The number of hydrogen-bond acceptors (Lipinski definition) is 3. The van der Waals surface area contributed by atoms with Gasteiger partial charge in [-0.15, -0.1) is 0 Å². The zero-order chi connectivity index (χ0) is 13.7. The largest absolute Gasteiger partial charge is 0.396 e. The molecule has 0 saturated heterocycles. The monoisotopic (exact) mass is 279 g/mol. The Bertz CT molecular complexity index is 369. The minimum absolute atomic E-state index is 0.267. The highest BCUT2D eigenvalue weighted by molar-refractivity contribution is 7.98. The number of aliphatic hydroxyl groups is 1. The third kappa shape index (κ3) is 4.51. The van der Waals surface area contributed by atoms with Crippen LogP contribution in [-0.4, -0.2) is 29.8 Å². The Morgan fingerprint density at radius 1 is 1.32 bits per heavy atom. The van der Waals surface area contributed by atoms with Crippen molar-refractivity contribution in [3.8, 4) is 0 Å². The first kappa shape index (κ1) is 14.9. The smallest absolute Gasteiger partial charge is 0.0446 e. The summed E-state index contributed by atoms with van der Waals surface area (Å²) in [5.74, 6) is 1.85. The molecule has 0 aliphatic heterocycles. The Hall–Kier alpha value is -0.510. The summed E-state index contributed by atoms with van der Waals surface area (Å²) in [6.45, 7) is 2.40. The fraction of sp³-hybridized carbons (Fsp3) is 0.625. The summed E-state index contributed by atoms with van der Waals surface area (Å²) >= 11 is 1.85. The van der Waals surface area contributed by atoms with Crippen LogP contribution in [0.25, 0.3) is 0 Å². The minimum Gasteiger partial charge on any atom is -0.396 e. The van der Waals surface area contributed by atoms with E-state index >= 15 is 0 Å². The first-order valence-electron chi connectivity index (χ1n) is 7.17. The normalized spacial score (nSPS) is 18.3. The van der Waals surface area contributed by atoms with Gasteiger partial charge < -0.3 is 10.4 Å². The average Bonchev–Trinajstić information content (AvgIpc) is 3.22. The van der Waals surface area contributed by atoms with Gasteiger partial charge in [0.15, 0.2) is 0 Å². The van der Waals surface area contributed by atoms with Crippen LogP contribution in [0.1, 0.15) is 36.4 Å². The molecular weight excluding hydrogens is 254 g/mol. The van der Waals surface area contributed by atoms with Crippen molar-refractivity contribution in [2.45, 2.75) is 38.3 Å². The maximum absolute atomic E-state index is 9.19. The van der Waals surface area contributed by atoms with Crippen molar-refractivity contribution in [3.05, 3.63) is 35.4 Å². The molecule has 1 aromatic carbocycles. The summed E-state index contributed by atoms with van der Waals surface area (Å²) in [5.41, 5.74) is 2.71. The zero-order valence-electron chi connectivity index (χ0n) is 11.9. The molecule has 0 aromatic heterocycles. The molecule has 2 N–H and O–H groups in total. The van der Waals surface area contributed by atoms with Crippen LogP contribution < -0.4 is 5.32 Å². The molecule has 3 heteroatoms. The Morgan fingerprint density at radius 3 is 2.53 bits per heavy atom. The van der Waals surface area contributed by atoms with E-state index in [1.807, 2.05) is 11.8 Å². The van der Waals surface area contributed by atoms with Gasteiger partial charge in [0.05, 0.1) is 0 Å². The highest BCUT2D eigenvalue weighted by Gasteiger charge is 2.33. The van der Waals surface area contributed by atoms with Crippen molar-refractivity contribution in [1.82, 2.24) is 5.32 Å². The summed E-state index contributed by atoms with van der Waals surface area (Å²) in [5, 5.41) is 13.0. The number of aliphatic hydroxyl groups excluding tert-OH is 1. The van der Waals surface area contributed by atoms with Crippen LogP contribution >= 0.6 is 11.8 Å². The van der Waals surface area contributed by atoms with E-state index in [1.165, 1.54) is 24.0 Å². The van der Waals surface area contributed by atoms with Crippen LogP contribution in [0.4, 0.5) is 0 Å². The number of aryl methyl sites for hydroxylation is 1. The molecule has 1 aliphatic carbocycles. The first-order valence-corrected chi connectivity index (χ1v) is 8.56. The quantitative estimate of drug-likeness (QED) is 0.767. The van der Waals surface area contributed by atoms with Crippen LogP contribution in [0.3, 0.4) is 0 Å². The van der Waals surface area contributed by atoms with Crippen LogP contribution in [0.5, 0.6) is 0 Å². The third-order valence-corrected chi connectivity index (χ3v) is 4.53. The molecule has 2 nitrogen and oxygen atoms in total. The second kappa shape index (κ2) is 7.32. The fourth-order valence-electron chi connectivity index (χ4n) is 2.53. The molecule has 1 saturated carbocycles. The molecule has 19 heavy (non-hydrogen) atoms. The maximum Gasteiger partial charge on any atom is 0.0446 e. The molecule has 0 spiro atoms. The molecule has 2 atom stereocenters. The van der Waals surface area contributed by atoms with E-state index in [-0.39, 0.29) is 6.61 Å². The lowest BCUT2D eigenvalue weighted by Gasteiger charge is -2.25. The molecule has 2 unspecified atom stereocenters. The zero-order valence-corrected chi connectivity index (χ0v) is 12.7. The van der Waals surface area contributed by atoms with Crippen molar-refractivity contribution in [1.29, 1.82) is 0 Å². The van der Waals surface area contributed by atoms with Crippen LogP contribution in [0.15, 0.2) is 24.3 Å². The lowest BCUT2D eigenvalue weighted by Crippen LogP contribution is -2.36. The Balaban J connectivity index is 2.04. The number of nitrogens with one attached hydrogen (secondary N) is 1. The van der Waals surface area contributed by atoms with E-state index < -0.39 is 0 Å². The van der Waals surface area contributed by atoms with Crippen molar-refractivity contribution in [3.63, 3.8) is 0 Å². The van der Waals surface area contributed by atoms with Gasteiger partial charge in [-0.25, -0.2) is 0 Å². The van der Waals surface area contributed by atoms with Gasteiger partial charge in [-0.3, -0.25) is 0 Å². The summed E-state index contributed by atoms with van der Waals surface area (Å²) in [7, 11) is 0. The number of benzene rings is 1. The Kier molecular flexibility index (Phi) is 5.74. The lowest BCUT2D eigenvalue weighted by atomic mass is 10.00. The summed E-state index contributed by atoms with van der Waals surface area (Å²) < 4.78 is 0. The molecule has 0 heterocycles. The van der Waals surface area contributed by atoms with Crippen LogP contribution in [0, 0.1) is 12.8 Å². The van der Waals surface area contributed by atoms with Crippen molar-refractivity contribution >= 4 is 11.8 Å². The average molecular weight is 279 g/mol. The van der Waals surface area contributed by atoms with E-state index in [1.54, 1.807) is 0 Å². The molecular formula is C16H25NOS. The number of thioether (sulfide) groups is 1. The lowest BCUT2D eigenvalue weighted by molar-refractivity contribution is 0.261. The van der Waals surface area contributed by atoms with Crippen molar-refractivity contribution in [2.75, 3.05) is 18.6 Å². The van der Waals surface area contributed by atoms with Gasteiger partial charge in [-0.1, -0.05) is 29.8 Å². The topological polar surface area (TPSA) is 32.3 Å². The molecule has 1 aromatic rings. The Labute approximate surface area is 121 Å². The van der Waals surface area contributed by atoms with Gasteiger partial charge in [0, 0.05) is 24.4 Å². The molecule has 1 aliphatic rings. The SMILES string of the molecule is CSCC(CCO)NC(c1ccc(C)cc1)C1CC1. The predicted octanol–water partition coefficient (Wildman–Crippen LogP) is 3.15. The van der Waals surface area contributed by atoms with E-state index in [2.05, 4.69) is 42.8 Å². The summed E-state index contributed by atoms with van der Waals surface area (Å²) in [4.78, 5) is 0. The molecule has 106 valence electrons. The first-order chi connectivity index (χ1) is 9.24. The number of rotatable bonds is 8. The predicted molar refractivity (Wildman–Crippen MR) is 83.7 cm³/mol. The van der Waals surface area contributed by atoms with Crippen molar-refractivity contribution < 1.29 is 5.11 Å². The maximum atomic E-state index is 9.19. The van der Waals surface area contributed by atoms with Crippen molar-refractivity contribution in [2.24, 2.45) is 5.92 Å². The summed E-state index contributed by atoms with van der Waals surface area (Å²) in [6, 6.07) is 9.77. The molecule has 0 bridgehead atoms. The Morgan fingerprint density at radius 2 is 2.00 bits per heavy atom. The van der Waals surface area contributed by atoms with Gasteiger partial charge in [-0.05, 0) is 43.9 Å². The summed E-state index contributed by atoms with van der Waals surface area (Å²) in [6.07, 6.45) is 5.63. The standard InChI is InChI=1S/C16H25NOS/c1-12-3-5-13(6-4-12)16(14-7-8-14)17-15(9-10-18)11-19-2/h3-6,14-18H,7-11H2,1-2H3. The van der Waals surface area contributed by atoms with Gasteiger partial charge in [-0.2, -0.15) is 11.8 Å². The highest BCUT2D eigenvalue weighted by atomic mass is 32.2. The highest BCUT2D eigenvalue weighted by Crippen LogP contribution is 2.41. The van der Waals surface area contributed by atoms with Gasteiger partial charge in [0.1, 0.15) is 0 Å². The fourth-order valence-corrected chi connectivity index (χ4v) is 3.20. The third-order valence-electron chi connectivity index (χ3n) is 3.79. The van der Waals surface area contributed by atoms with E-state index in [0.29, 0.717) is 12.1 Å².